The van der Waals surface area contributed by atoms with Crippen molar-refractivity contribution in [2.75, 3.05) is 5.32 Å². The first-order chi connectivity index (χ1) is 12.4. The van der Waals surface area contributed by atoms with Crippen molar-refractivity contribution in [3.63, 3.8) is 0 Å². The summed E-state index contributed by atoms with van der Waals surface area (Å²) in [5.74, 6) is -1.03. The van der Waals surface area contributed by atoms with Gasteiger partial charge in [-0.3, -0.25) is 14.2 Å². The summed E-state index contributed by atoms with van der Waals surface area (Å²) in [6.45, 7) is 2.17. The van der Waals surface area contributed by atoms with Crippen molar-refractivity contribution in [1.29, 1.82) is 0 Å². The molecule has 0 saturated heterocycles. The second-order valence-corrected chi connectivity index (χ2v) is 6.14. The molecule has 9 heteroatoms. The van der Waals surface area contributed by atoms with E-state index in [4.69, 9.17) is 16.7 Å². The zero-order valence-corrected chi connectivity index (χ0v) is 14.6. The largest absolute Gasteiger partial charge is 0.478 e. The Morgan fingerprint density at radius 1 is 1.27 bits per heavy atom. The van der Waals surface area contributed by atoms with Gasteiger partial charge in [0.25, 0.3) is 0 Å². The molecular formula is C17H16ClN5O3. The monoisotopic (exact) mass is 373 g/mol. The maximum atomic E-state index is 12.3. The number of benzene rings is 1. The predicted molar refractivity (Wildman–Crippen MR) is 95.3 cm³/mol. The Hall–Kier alpha value is -3.13. The minimum atomic E-state index is -1.09. The van der Waals surface area contributed by atoms with Gasteiger partial charge in [0.15, 0.2) is 5.82 Å². The summed E-state index contributed by atoms with van der Waals surface area (Å²) in [6.07, 6.45) is 4.27. The molecule has 3 rings (SSSR count). The molecule has 1 unspecified atom stereocenters. The topological polar surface area (TPSA) is 102 Å². The number of anilines is 1. The smallest absolute Gasteiger partial charge is 0.338 e. The number of amides is 1. The Labute approximate surface area is 154 Å². The molecule has 134 valence electrons. The van der Waals surface area contributed by atoms with E-state index < -0.39 is 12.0 Å². The molecule has 1 amide bonds. The first-order valence-corrected chi connectivity index (χ1v) is 8.16. The average molecular weight is 374 g/mol. The SMILES string of the molecule is CC(C(=O)Nc1ccn(Cc2ccc(Cl)cc2)n1)n1cc(C(=O)O)cn1. The summed E-state index contributed by atoms with van der Waals surface area (Å²) in [4.78, 5) is 23.2. The molecule has 0 saturated carbocycles. The molecule has 0 spiro atoms. The van der Waals surface area contributed by atoms with Gasteiger partial charge in [-0.15, -0.1) is 0 Å². The number of rotatable bonds is 6. The normalized spacial score (nSPS) is 11.9. The molecule has 2 N–H and O–H groups in total. The maximum absolute atomic E-state index is 12.3. The highest BCUT2D eigenvalue weighted by Crippen LogP contribution is 2.13. The van der Waals surface area contributed by atoms with Crippen LogP contribution in [-0.2, 0) is 11.3 Å². The lowest BCUT2D eigenvalue weighted by Crippen LogP contribution is -2.24. The van der Waals surface area contributed by atoms with Gasteiger partial charge in [-0.1, -0.05) is 23.7 Å². The van der Waals surface area contributed by atoms with E-state index in [-0.39, 0.29) is 11.5 Å². The third kappa shape index (κ3) is 4.09. The molecule has 26 heavy (non-hydrogen) atoms. The summed E-state index contributed by atoms with van der Waals surface area (Å²) >= 11 is 5.87. The van der Waals surface area contributed by atoms with Crippen molar-refractivity contribution in [1.82, 2.24) is 19.6 Å². The highest BCUT2D eigenvalue weighted by atomic mass is 35.5. The van der Waals surface area contributed by atoms with Crippen molar-refractivity contribution in [2.45, 2.75) is 19.5 Å². The summed E-state index contributed by atoms with van der Waals surface area (Å²) in [6, 6.07) is 8.43. The van der Waals surface area contributed by atoms with E-state index in [2.05, 4.69) is 15.5 Å². The van der Waals surface area contributed by atoms with Crippen molar-refractivity contribution in [3.8, 4) is 0 Å². The van der Waals surface area contributed by atoms with Crippen LogP contribution in [0.1, 0.15) is 28.9 Å². The number of carbonyl (C=O) groups excluding carboxylic acids is 1. The van der Waals surface area contributed by atoms with Gasteiger partial charge < -0.3 is 10.4 Å². The minimum absolute atomic E-state index is 0.0249. The zero-order valence-electron chi connectivity index (χ0n) is 13.8. The predicted octanol–water partition coefficient (Wildman–Crippen LogP) is 2.68. The number of aromatic carboxylic acids is 1. The zero-order chi connectivity index (χ0) is 18.7. The van der Waals surface area contributed by atoms with Gasteiger partial charge in [-0.05, 0) is 24.6 Å². The number of aromatic nitrogens is 4. The molecule has 0 aliphatic carbocycles. The third-order valence-electron chi connectivity index (χ3n) is 3.77. The van der Waals surface area contributed by atoms with Crippen LogP contribution in [0.25, 0.3) is 0 Å². The number of hydrogen-bond acceptors (Lipinski definition) is 4. The minimum Gasteiger partial charge on any atom is -0.478 e. The Morgan fingerprint density at radius 3 is 2.65 bits per heavy atom. The molecule has 0 fully saturated rings. The van der Waals surface area contributed by atoms with Crippen LogP contribution in [0.2, 0.25) is 5.02 Å². The summed E-state index contributed by atoms with van der Waals surface area (Å²) in [5.41, 5.74) is 1.05. The molecule has 1 atom stereocenters. The first kappa shape index (κ1) is 17.7. The molecule has 2 heterocycles. The van der Waals surface area contributed by atoms with Crippen LogP contribution in [0.15, 0.2) is 48.9 Å². The van der Waals surface area contributed by atoms with Crippen LogP contribution in [0.4, 0.5) is 5.82 Å². The summed E-state index contributed by atoms with van der Waals surface area (Å²) in [7, 11) is 0. The second kappa shape index (κ2) is 7.40. The summed E-state index contributed by atoms with van der Waals surface area (Å²) in [5, 5.41) is 20.5. The lowest BCUT2D eigenvalue weighted by atomic mass is 10.2. The second-order valence-electron chi connectivity index (χ2n) is 5.70. The summed E-state index contributed by atoms with van der Waals surface area (Å²) < 4.78 is 2.99. The molecular weight excluding hydrogens is 358 g/mol. The third-order valence-corrected chi connectivity index (χ3v) is 4.03. The first-order valence-electron chi connectivity index (χ1n) is 7.78. The van der Waals surface area contributed by atoms with Crippen LogP contribution >= 0.6 is 11.6 Å². The van der Waals surface area contributed by atoms with E-state index in [9.17, 15) is 9.59 Å². The van der Waals surface area contributed by atoms with E-state index in [1.807, 2.05) is 12.1 Å². The maximum Gasteiger partial charge on any atom is 0.338 e. The van der Waals surface area contributed by atoms with E-state index in [0.717, 1.165) is 5.56 Å². The molecule has 2 aromatic heterocycles. The highest BCUT2D eigenvalue weighted by molar-refractivity contribution is 6.30. The standard InChI is InChI=1S/C17H16ClN5O3/c1-11(23-10-13(8-19-23)17(25)26)16(24)20-15-6-7-22(21-15)9-12-2-4-14(18)5-3-12/h2-8,10-11H,9H2,1H3,(H,25,26)(H,20,21,24). The lowest BCUT2D eigenvalue weighted by Gasteiger charge is -2.11. The Morgan fingerprint density at radius 2 is 2.00 bits per heavy atom. The van der Waals surface area contributed by atoms with Gasteiger partial charge in [-0.2, -0.15) is 10.2 Å². The average Bonchev–Trinajstić information content (AvgIpc) is 3.26. The van der Waals surface area contributed by atoms with Crippen molar-refractivity contribution in [3.05, 3.63) is 65.1 Å². The van der Waals surface area contributed by atoms with Gasteiger partial charge >= 0.3 is 5.97 Å². The lowest BCUT2D eigenvalue weighted by molar-refractivity contribution is -0.119. The van der Waals surface area contributed by atoms with Gasteiger partial charge in [0.1, 0.15) is 6.04 Å². The van der Waals surface area contributed by atoms with Crippen molar-refractivity contribution in [2.24, 2.45) is 0 Å². The number of hydrogen-bond donors (Lipinski definition) is 2. The number of nitrogens with zero attached hydrogens (tertiary/aromatic N) is 4. The molecule has 1 aromatic carbocycles. The number of halogens is 1. The molecule has 0 bridgehead atoms. The van der Waals surface area contributed by atoms with Crippen LogP contribution < -0.4 is 5.32 Å². The van der Waals surface area contributed by atoms with Gasteiger partial charge in [-0.25, -0.2) is 4.79 Å². The number of carboxylic acid groups (broad SMARTS) is 1. The van der Waals surface area contributed by atoms with Gasteiger partial charge in [0, 0.05) is 23.5 Å². The van der Waals surface area contributed by atoms with E-state index >= 15 is 0 Å². The van der Waals surface area contributed by atoms with Gasteiger partial charge in [0.2, 0.25) is 5.91 Å². The van der Waals surface area contributed by atoms with E-state index in [1.54, 1.807) is 36.0 Å². The highest BCUT2D eigenvalue weighted by Gasteiger charge is 2.18. The fraction of sp³-hybridized carbons (Fsp3) is 0.176. The quantitative estimate of drug-likeness (QED) is 0.691. The molecule has 0 aliphatic rings. The van der Waals surface area contributed by atoms with Crippen LogP contribution in [0, 0.1) is 0 Å². The van der Waals surface area contributed by atoms with Crippen LogP contribution in [-0.4, -0.2) is 36.5 Å². The van der Waals surface area contributed by atoms with Crippen LogP contribution in [0.3, 0.4) is 0 Å². The van der Waals surface area contributed by atoms with Crippen molar-refractivity contribution < 1.29 is 14.7 Å². The van der Waals surface area contributed by atoms with Crippen molar-refractivity contribution >= 4 is 29.3 Å². The number of nitrogens with one attached hydrogen (secondary N) is 1. The van der Waals surface area contributed by atoms with E-state index in [0.29, 0.717) is 17.4 Å². The van der Waals surface area contributed by atoms with Crippen LogP contribution in [0.5, 0.6) is 0 Å². The molecule has 0 aliphatic heterocycles. The van der Waals surface area contributed by atoms with Gasteiger partial charge in [0.05, 0.1) is 18.3 Å². The molecule has 3 aromatic rings. The van der Waals surface area contributed by atoms with E-state index in [1.165, 1.54) is 17.1 Å². The Bertz CT molecular complexity index is 932. The fourth-order valence-electron chi connectivity index (χ4n) is 2.30. The number of carboxylic acids is 1. The molecule has 0 radical (unpaired) electrons. The molecule has 8 nitrogen and oxygen atoms in total. The Balaban J connectivity index is 1.63. The Kier molecular flexibility index (Phi) is 5.04. The number of carbonyl (C=O) groups is 2. The fourth-order valence-corrected chi connectivity index (χ4v) is 2.43.